The fourth-order valence-corrected chi connectivity index (χ4v) is 9.71. The molecule has 2 N–H and O–H groups in total. The first-order chi connectivity index (χ1) is 31.0. The molecule has 1 amide bonds. The number of aliphatic carboxylic acids is 1. The van der Waals surface area contributed by atoms with Gasteiger partial charge in [0.2, 0.25) is 17.8 Å². The van der Waals surface area contributed by atoms with Gasteiger partial charge in [0.15, 0.2) is 0 Å². The Balaban J connectivity index is 0.000000176. The number of aromatic nitrogens is 4. The Labute approximate surface area is 383 Å². The largest absolute Gasteiger partial charge is 0.493 e. The Kier molecular flexibility index (Phi) is 15.3. The summed E-state index contributed by atoms with van der Waals surface area (Å²) in [4.78, 5) is 44.4. The summed E-state index contributed by atoms with van der Waals surface area (Å²) in [6.07, 6.45) is 17.8. The number of carboxylic acids is 1. The van der Waals surface area contributed by atoms with Gasteiger partial charge in [0.25, 0.3) is 0 Å². The van der Waals surface area contributed by atoms with Crippen LogP contribution < -0.4 is 24.6 Å². The van der Waals surface area contributed by atoms with E-state index in [9.17, 15) is 18.4 Å². The van der Waals surface area contributed by atoms with Crippen molar-refractivity contribution < 1.29 is 33.0 Å². The molecule has 2 aromatic heterocycles. The van der Waals surface area contributed by atoms with Crippen molar-refractivity contribution >= 4 is 47.0 Å². The van der Waals surface area contributed by atoms with E-state index in [-0.39, 0.29) is 30.1 Å². The highest BCUT2D eigenvalue weighted by Crippen LogP contribution is 2.51. The molecule has 0 unspecified atom stereocenters. The van der Waals surface area contributed by atoms with Gasteiger partial charge in [-0.2, -0.15) is 0 Å². The molecule has 3 aliphatic carbocycles. The van der Waals surface area contributed by atoms with Crippen molar-refractivity contribution in [3.8, 4) is 11.5 Å². The first kappa shape index (κ1) is 45.7. The van der Waals surface area contributed by atoms with Crippen molar-refractivity contribution in [1.29, 1.82) is 0 Å². The number of carboxylic acid groups (broad SMARTS) is 1. The summed E-state index contributed by atoms with van der Waals surface area (Å²) < 4.78 is 39.9. The number of benzene rings is 2. The lowest BCUT2D eigenvalue weighted by Gasteiger charge is -2.32. The summed E-state index contributed by atoms with van der Waals surface area (Å²) in [5.41, 5.74) is 0.589. The van der Waals surface area contributed by atoms with Gasteiger partial charge in [-0.1, -0.05) is 35.3 Å². The topological polar surface area (TPSA) is 143 Å². The zero-order valence-electron chi connectivity index (χ0n) is 36.0. The molecular formula is C48H57Cl2F2N7O5. The van der Waals surface area contributed by atoms with Crippen molar-refractivity contribution in [2.75, 3.05) is 55.7 Å². The highest BCUT2D eigenvalue weighted by molar-refractivity contribution is 6.30. The molecule has 2 aromatic carbocycles. The van der Waals surface area contributed by atoms with E-state index < -0.39 is 11.8 Å². The van der Waals surface area contributed by atoms with Crippen LogP contribution in [0.2, 0.25) is 10.0 Å². The van der Waals surface area contributed by atoms with Crippen molar-refractivity contribution in [3.63, 3.8) is 0 Å². The maximum atomic E-state index is 14.4. The maximum Gasteiger partial charge on any atom is 0.307 e. The molecule has 0 bridgehead atoms. The third-order valence-electron chi connectivity index (χ3n) is 13.6. The van der Waals surface area contributed by atoms with Crippen LogP contribution in [0.5, 0.6) is 11.5 Å². The van der Waals surface area contributed by atoms with Gasteiger partial charge in [0, 0.05) is 44.9 Å². The number of carbonyl (C=O) groups excluding carboxylic acids is 1. The Bertz CT molecular complexity index is 2190. The Morgan fingerprint density at radius 3 is 1.52 bits per heavy atom. The van der Waals surface area contributed by atoms with Crippen LogP contribution in [0.15, 0.2) is 61.2 Å². The average molecular weight is 921 g/mol. The Hall–Kier alpha value is -4.82. The molecule has 64 heavy (non-hydrogen) atoms. The smallest absolute Gasteiger partial charge is 0.307 e. The maximum absolute atomic E-state index is 14.4. The van der Waals surface area contributed by atoms with Gasteiger partial charge in [-0.25, -0.2) is 28.7 Å². The third-order valence-corrected chi connectivity index (χ3v) is 14.0. The number of amides is 1. The number of nitrogens with zero attached hydrogens (tertiary/aromatic N) is 6. The molecule has 3 saturated carbocycles. The number of rotatable bonds is 18. The molecule has 16 heteroatoms. The van der Waals surface area contributed by atoms with Crippen LogP contribution in [0.3, 0.4) is 0 Å². The van der Waals surface area contributed by atoms with Crippen LogP contribution in [-0.2, 0) is 22.4 Å². The molecule has 342 valence electrons. The van der Waals surface area contributed by atoms with Gasteiger partial charge < -0.3 is 29.7 Å². The van der Waals surface area contributed by atoms with Crippen LogP contribution in [-0.4, -0.2) is 82.9 Å². The predicted octanol–water partition coefficient (Wildman–Crippen LogP) is 8.88. The summed E-state index contributed by atoms with van der Waals surface area (Å²) in [6.45, 7) is 5.75. The van der Waals surface area contributed by atoms with E-state index in [1.165, 1.54) is 43.9 Å². The molecule has 4 heterocycles. The molecule has 0 spiro atoms. The van der Waals surface area contributed by atoms with E-state index in [1.807, 2.05) is 0 Å². The Morgan fingerprint density at radius 1 is 0.672 bits per heavy atom. The van der Waals surface area contributed by atoms with Crippen molar-refractivity contribution in [1.82, 2.24) is 25.3 Å². The molecule has 0 radical (unpaired) electrons. The quantitative estimate of drug-likeness (QED) is 0.0989. The fourth-order valence-electron chi connectivity index (χ4n) is 9.51. The molecule has 2 saturated heterocycles. The minimum atomic E-state index is -1.05. The van der Waals surface area contributed by atoms with E-state index in [2.05, 4.69) is 35.1 Å². The standard InChI is InChI=1S/C26H32ClFN4O2.C22H25ClFN3O3/c27-21-15-30-26(31-16-21)32-8-5-18(6-9-32)23-11-19(23)7-10-34-22-4-3-20(24(28)13-22)12-25(33)29-14-17-1-2-17;23-17-12-25-22(26-13-17)27-6-3-14(4-7-27)19-9-15(19)5-8-30-18-2-1-16(10-21(28)29)20(24)11-18/h3-4,13,15-19,23H,1-2,5-12,14H2,(H,29,33);1-2,11-15,19H,3-10H2,(H,28,29)/t19-,23-;15-,19-/m11/s1. The average Bonchev–Trinajstić information content (AvgIpc) is 4.18. The number of hydrogen-bond acceptors (Lipinski definition) is 10. The van der Waals surface area contributed by atoms with Crippen molar-refractivity contribution in [2.24, 2.45) is 41.4 Å². The molecule has 9 rings (SSSR count). The van der Waals surface area contributed by atoms with Gasteiger partial charge in [-0.05, 0) is 129 Å². The minimum absolute atomic E-state index is 0.0749. The summed E-state index contributed by atoms with van der Waals surface area (Å²) in [7, 11) is 0. The van der Waals surface area contributed by atoms with E-state index >= 15 is 0 Å². The fraction of sp³-hybridized carbons (Fsp3) is 0.542. The minimum Gasteiger partial charge on any atom is -0.493 e. The number of nitrogens with one attached hydrogen (secondary N) is 1. The molecule has 2 aliphatic heterocycles. The van der Waals surface area contributed by atoms with Gasteiger partial charge in [0.1, 0.15) is 23.1 Å². The lowest BCUT2D eigenvalue weighted by atomic mass is 9.90. The van der Waals surface area contributed by atoms with Crippen LogP contribution in [0.4, 0.5) is 20.7 Å². The number of halogens is 4. The van der Waals surface area contributed by atoms with E-state index in [1.54, 1.807) is 43.0 Å². The van der Waals surface area contributed by atoms with Crippen LogP contribution in [0.1, 0.15) is 75.3 Å². The normalized spacial score (nSPS) is 22.0. The number of carbonyl (C=O) groups is 2. The molecule has 12 nitrogen and oxygen atoms in total. The lowest BCUT2D eigenvalue weighted by Crippen LogP contribution is -2.35. The van der Waals surface area contributed by atoms with E-state index in [0.29, 0.717) is 64.6 Å². The summed E-state index contributed by atoms with van der Waals surface area (Å²) in [6, 6.07) is 9.24. The van der Waals surface area contributed by atoms with E-state index in [4.69, 9.17) is 37.8 Å². The Morgan fingerprint density at radius 2 is 1.11 bits per heavy atom. The summed E-state index contributed by atoms with van der Waals surface area (Å²) in [5, 5.41) is 12.8. The van der Waals surface area contributed by atoms with Gasteiger partial charge in [-0.15, -0.1) is 0 Å². The first-order valence-corrected chi connectivity index (χ1v) is 23.6. The number of hydrogen-bond donors (Lipinski definition) is 2. The van der Waals surface area contributed by atoms with Crippen molar-refractivity contribution in [3.05, 3.63) is 94.0 Å². The third kappa shape index (κ3) is 13.1. The molecule has 5 aliphatic rings. The zero-order valence-corrected chi connectivity index (χ0v) is 37.5. The van der Waals surface area contributed by atoms with Crippen LogP contribution >= 0.6 is 23.2 Å². The lowest BCUT2D eigenvalue weighted by molar-refractivity contribution is -0.136. The highest BCUT2D eigenvalue weighted by atomic mass is 35.5. The summed E-state index contributed by atoms with van der Waals surface area (Å²) in [5.74, 6) is 5.41. The SMILES string of the molecule is O=C(Cc1ccc(OCC[C@@H]2C[C@@H]2C2CCN(c3ncc(Cl)cn3)CC2)cc1F)NCC1CC1.O=C(O)Cc1ccc(OCC[C@@H]2C[C@@H]2C2CCN(c3ncc(Cl)cn3)CC2)cc1F. The van der Waals surface area contributed by atoms with Crippen LogP contribution in [0.25, 0.3) is 0 Å². The van der Waals surface area contributed by atoms with Gasteiger partial charge in [-0.3, -0.25) is 9.59 Å². The monoisotopic (exact) mass is 919 g/mol. The second-order valence-electron chi connectivity index (χ2n) is 18.1. The molecule has 4 aromatic rings. The predicted molar refractivity (Wildman–Crippen MR) is 241 cm³/mol. The van der Waals surface area contributed by atoms with E-state index in [0.717, 1.165) is 100 Å². The van der Waals surface area contributed by atoms with Crippen molar-refractivity contribution in [2.45, 2.75) is 77.0 Å². The first-order valence-electron chi connectivity index (χ1n) is 22.8. The second-order valence-corrected chi connectivity index (χ2v) is 19.0. The van der Waals surface area contributed by atoms with Gasteiger partial charge >= 0.3 is 5.97 Å². The number of anilines is 2. The summed E-state index contributed by atoms with van der Waals surface area (Å²) >= 11 is 11.7. The zero-order chi connectivity index (χ0) is 44.6. The molecular weight excluding hydrogens is 863 g/mol. The second kappa shape index (κ2) is 21.4. The number of piperidine rings is 2. The molecule has 5 fully saturated rings. The van der Waals surface area contributed by atoms with Gasteiger partial charge in [0.05, 0.1) is 60.9 Å². The molecule has 4 atom stereocenters. The van der Waals surface area contributed by atoms with Crippen LogP contribution in [0, 0.1) is 53.1 Å². The highest BCUT2D eigenvalue weighted by Gasteiger charge is 2.44. The number of ether oxygens (including phenoxy) is 2.